The highest BCUT2D eigenvalue weighted by molar-refractivity contribution is 6.22. The molecule has 2 aliphatic rings. The molecule has 0 aromatic heterocycles. The van der Waals surface area contributed by atoms with Crippen LogP contribution in [0.25, 0.3) is 0 Å². The molecule has 2 aromatic rings. The van der Waals surface area contributed by atoms with Gasteiger partial charge in [0, 0.05) is 19.5 Å². The van der Waals surface area contributed by atoms with Gasteiger partial charge in [-0.1, -0.05) is 42.5 Å². The second-order valence-corrected chi connectivity index (χ2v) is 7.84. The van der Waals surface area contributed by atoms with Crippen molar-refractivity contribution in [2.45, 2.75) is 38.3 Å². The largest absolute Gasteiger partial charge is 0.451 e. The molecule has 2 heterocycles. The molecule has 0 bridgehead atoms. The SMILES string of the molecule is C[C@H](OC(=O)[C@@H](Cc1ccccc1)N1C(=O)c2ccccc2C1=O)C(=O)N1CCCC1. The van der Waals surface area contributed by atoms with Gasteiger partial charge in [-0.25, -0.2) is 4.79 Å². The Morgan fingerprint density at radius 1 is 0.903 bits per heavy atom. The summed E-state index contributed by atoms with van der Waals surface area (Å²) in [5, 5.41) is 0. The van der Waals surface area contributed by atoms with E-state index in [4.69, 9.17) is 4.74 Å². The van der Waals surface area contributed by atoms with Gasteiger partial charge in [0.25, 0.3) is 17.7 Å². The Labute approximate surface area is 180 Å². The molecule has 2 aromatic carbocycles. The van der Waals surface area contributed by atoms with E-state index in [1.54, 1.807) is 29.2 Å². The summed E-state index contributed by atoms with van der Waals surface area (Å²) < 4.78 is 5.49. The van der Waals surface area contributed by atoms with Crippen molar-refractivity contribution in [2.24, 2.45) is 0 Å². The number of amides is 3. The third-order valence-electron chi connectivity index (χ3n) is 5.74. The Hall–Kier alpha value is -3.48. The molecule has 7 nitrogen and oxygen atoms in total. The van der Waals surface area contributed by atoms with E-state index < -0.39 is 29.9 Å². The van der Waals surface area contributed by atoms with Crippen molar-refractivity contribution in [1.29, 1.82) is 0 Å². The van der Waals surface area contributed by atoms with Crippen LogP contribution in [0.1, 0.15) is 46.0 Å². The molecule has 160 valence electrons. The molecule has 2 aliphatic heterocycles. The average molecular weight is 420 g/mol. The van der Waals surface area contributed by atoms with Crippen LogP contribution in [0.3, 0.4) is 0 Å². The number of likely N-dealkylation sites (tertiary alicyclic amines) is 1. The zero-order chi connectivity index (χ0) is 22.0. The van der Waals surface area contributed by atoms with Gasteiger partial charge in [0.2, 0.25) is 0 Å². The molecule has 0 radical (unpaired) electrons. The summed E-state index contributed by atoms with van der Waals surface area (Å²) in [6, 6.07) is 14.4. The minimum absolute atomic E-state index is 0.107. The molecule has 3 amide bonds. The summed E-state index contributed by atoms with van der Waals surface area (Å²) in [5.41, 5.74) is 1.30. The van der Waals surface area contributed by atoms with Crippen molar-refractivity contribution >= 4 is 23.7 Å². The third-order valence-corrected chi connectivity index (χ3v) is 5.74. The van der Waals surface area contributed by atoms with Crippen molar-refractivity contribution in [3.05, 3.63) is 71.3 Å². The zero-order valence-electron chi connectivity index (χ0n) is 17.3. The van der Waals surface area contributed by atoms with Crippen LogP contribution >= 0.6 is 0 Å². The monoisotopic (exact) mass is 420 g/mol. The van der Waals surface area contributed by atoms with Crippen LogP contribution in [0.4, 0.5) is 0 Å². The van der Waals surface area contributed by atoms with E-state index in [1.807, 2.05) is 30.3 Å². The number of carbonyl (C=O) groups excluding carboxylic acids is 4. The first-order chi connectivity index (χ1) is 15.0. The molecular weight excluding hydrogens is 396 g/mol. The van der Waals surface area contributed by atoms with Gasteiger partial charge in [-0.3, -0.25) is 19.3 Å². The Morgan fingerprint density at radius 2 is 1.45 bits per heavy atom. The molecule has 4 rings (SSSR count). The maximum absolute atomic E-state index is 13.2. The molecule has 1 saturated heterocycles. The van der Waals surface area contributed by atoms with E-state index in [1.165, 1.54) is 6.92 Å². The Bertz CT molecular complexity index is 979. The normalized spacial score (nSPS) is 17.5. The number of nitrogens with zero attached hydrogens (tertiary/aromatic N) is 2. The van der Waals surface area contributed by atoms with Crippen LogP contribution < -0.4 is 0 Å². The van der Waals surface area contributed by atoms with Crippen molar-refractivity contribution in [2.75, 3.05) is 13.1 Å². The molecule has 1 fully saturated rings. The zero-order valence-corrected chi connectivity index (χ0v) is 17.3. The summed E-state index contributed by atoms with van der Waals surface area (Å²) in [6.07, 6.45) is 0.977. The summed E-state index contributed by atoms with van der Waals surface area (Å²) >= 11 is 0. The molecular formula is C24H24N2O5. The summed E-state index contributed by atoms with van der Waals surface area (Å²) in [5.74, 6) is -2.08. The highest BCUT2D eigenvalue weighted by Gasteiger charge is 2.44. The van der Waals surface area contributed by atoms with Gasteiger partial charge in [0.05, 0.1) is 11.1 Å². The fourth-order valence-electron chi connectivity index (χ4n) is 4.11. The molecule has 0 aliphatic carbocycles. The summed E-state index contributed by atoms with van der Waals surface area (Å²) in [6.45, 7) is 2.82. The maximum Gasteiger partial charge on any atom is 0.330 e. The number of benzene rings is 2. The van der Waals surface area contributed by atoms with Crippen LogP contribution in [0.5, 0.6) is 0 Å². The standard InChI is InChI=1S/C24H24N2O5/c1-16(21(27)25-13-7-8-14-25)31-24(30)20(15-17-9-3-2-4-10-17)26-22(28)18-11-5-6-12-19(18)23(26)29/h2-6,9-12,16,20H,7-8,13-15H2,1H3/t16-,20+/m0/s1. The topological polar surface area (TPSA) is 84.0 Å². The third kappa shape index (κ3) is 4.08. The van der Waals surface area contributed by atoms with Crippen LogP contribution in [-0.2, 0) is 20.7 Å². The number of esters is 1. The van der Waals surface area contributed by atoms with E-state index in [-0.39, 0.29) is 23.5 Å². The average Bonchev–Trinajstić information content (AvgIpc) is 3.40. The van der Waals surface area contributed by atoms with E-state index >= 15 is 0 Å². The van der Waals surface area contributed by atoms with Gasteiger partial charge in [-0.2, -0.15) is 0 Å². The highest BCUT2D eigenvalue weighted by atomic mass is 16.5. The van der Waals surface area contributed by atoms with E-state index in [0.717, 1.165) is 23.3 Å². The fourth-order valence-corrected chi connectivity index (χ4v) is 4.11. The predicted octanol–water partition coefficient (Wildman–Crippen LogP) is 2.45. The van der Waals surface area contributed by atoms with Gasteiger partial charge in [0.1, 0.15) is 6.04 Å². The summed E-state index contributed by atoms with van der Waals surface area (Å²) in [7, 11) is 0. The highest BCUT2D eigenvalue weighted by Crippen LogP contribution is 2.27. The minimum Gasteiger partial charge on any atom is -0.451 e. The van der Waals surface area contributed by atoms with Crippen LogP contribution in [0.15, 0.2) is 54.6 Å². The molecule has 7 heteroatoms. The van der Waals surface area contributed by atoms with E-state index in [2.05, 4.69) is 0 Å². The fraction of sp³-hybridized carbons (Fsp3) is 0.333. The molecule has 0 unspecified atom stereocenters. The first kappa shape index (κ1) is 20.8. The second kappa shape index (κ2) is 8.71. The van der Waals surface area contributed by atoms with Gasteiger partial charge in [0.15, 0.2) is 6.10 Å². The van der Waals surface area contributed by atoms with Crippen molar-refractivity contribution in [3.63, 3.8) is 0 Å². The lowest BCUT2D eigenvalue weighted by Crippen LogP contribution is -2.49. The van der Waals surface area contributed by atoms with E-state index in [0.29, 0.717) is 13.1 Å². The van der Waals surface area contributed by atoms with E-state index in [9.17, 15) is 19.2 Å². The van der Waals surface area contributed by atoms with Gasteiger partial charge < -0.3 is 9.64 Å². The Balaban J connectivity index is 1.59. The molecule has 0 N–H and O–H groups in total. The van der Waals surface area contributed by atoms with Crippen molar-refractivity contribution in [1.82, 2.24) is 9.80 Å². The molecule has 31 heavy (non-hydrogen) atoms. The molecule has 0 saturated carbocycles. The number of hydrogen-bond donors (Lipinski definition) is 0. The van der Waals surface area contributed by atoms with Crippen LogP contribution in [0, 0.1) is 0 Å². The predicted molar refractivity (Wildman–Crippen MR) is 112 cm³/mol. The van der Waals surface area contributed by atoms with Gasteiger partial charge >= 0.3 is 5.97 Å². The number of hydrogen-bond acceptors (Lipinski definition) is 5. The summed E-state index contributed by atoms with van der Waals surface area (Å²) in [4.78, 5) is 54.4. The first-order valence-electron chi connectivity index (χ1n) is 10.5. The Morgan fingerprint density at radius 3 is 2.03 bits per heavy atom. The number of carbonyl (C=O) groups is 4. The lowest BCUT2D eigenvalue weighted by Gasteiger charge is -2.27. The molecule has 0 spiro atoms. The lowest BCUT2D eigenvalue weighted by atomic mass is 10.0. The number of imide groups is 1. The van der Waals surface area contributed by atoms with Gasteiger partial charge in [-0.15, -0.1) is 0 Å². The smallest absolute Gasteiger partial charge is 0.330 e. The van der Waals surface area contributed by atoms with Crippen LogP contribution in [0.2, 0.25) is 0 Å². The Kier molecular flexibility index (Phi) is 5.84. The minimum atomic E-state index is -1.16. The van der Waals surface area contributed by atoms with Crippen LogP contribution in [-0.4, -0.2) is 58.7 Å². The lowest BCUT2D eigenvalue weighted by molar-refractivity contribution is -0.161. The number of rotatable bonds is 6. The molecule has 2 atom stereocenters. The van der Waals surface area contributed by atoms with Gasteiger partial charge in [-0.05, 0) is 37.5 Å². The maximum atomic E-state index is 13.2. The second-order valence-electron chi connectivity index (χ2n) is 7.84. The van der Waals surface area contributed by atoms with Crippen molar-refractivity contribution in [3.8, 4) is 0 Å². The first-order valence-corrected chi connectivity index (χ1v) is 10.5. The number of ether oxygens (including phenoxy) is 1. The van der Waals surface area contributed by atoms with Crippen molar-refractivity contribution < 1.29 is 23.9 Å². The quantitative estimate of drug-likeness (QED) is 0.530. The number of fused-ring (bicyclic) bond motifs is 1.